The fourth-order valence-electron chi connectivity index (χ4n) is 3.56. The highest BCUT2D eigenvalue weighted by atomic mass is 79.9. The molecule has 10 heteroatoms. The number of aromatic nitrogens is 2. The Morgan fingerprint density at radius 1 is 1.19 bits per heavy atom. The number of rotatable bonds is 6. The van der Waals surface area contributed by atoms with Crippen LogP contribution in [0.3, 0.4) is 0 Å². The van der Waals surface area contributed by atoms with E-state index in [9.17, 15) is 14.1 Å². The van der Waals surface area contributed by atoms with E-state index in [1.807, 2.05) is 6.07 Å². The minimum Gasteiger partial charge on any atom is -0.343 e. The number of nitrogens with zero attached hydrogens (tertiary/aromatic N) is 3. The van der Waals surface area contributed by atoms with E-state index in [0.717, 1.165) is 0 Å². The van der Waals surface area contributed by atoms with Crippen LogP contribution in [0.1, 0.15) is 35.0 Å². The van der Waals surface area contributed by atoms with Gasteiger partial charge in [0.1, 0.15) is 0 Å². The molecule has 1 saturated heterocycles. The van der Waals surface area contributed by atoms with Gasteiger partial charge >= 0.3 is 0 Å². The molecule has 0 radical (unpaired) electrons. The summed E-state index contributed by atoms with van der Waals surface area (Å²) in [6, 6.07) is 13.5. The Morgan fingerprint density at radius 3 is 2.62 bits per heavy atom. The highest BCUT2D eigenvalue weighted by Gasteiger charge is 2.28. The van der Waals surface area contributed by atoms with Crippen LogP contribution in [0.5, 0.6) is 5.75 Å². The molecule has 166 valence electrons. The van der Waals surface area contributed by atoms with Crippen LogP contribution in [-0.4, -0.2) is 46.5 Å². The molecule has 2 amide bonds. The fourth-order valence-corrected chi connectivity index (χ4v) is 4.00. The van der Waals surface area contributed by atoms with Crippen molar-refractivity contribution in [2.24, 2.45) is 0 Å². The maximum absolute atomic E-state index is 12.5. The van der Waals surface area contributed by atoms with Gasteiger partial charge in [-0.05, 0) is 59.1 Å². The molecule has 2 aromatic carbocycles. The van der Waals surface area contributed by atoms with E-state index in [4.69, 9.17) is 4.52 Å². The molecule has 0 aliphatic carbocycles. The zero-order valence-corrected chi connectivity index (χ0v) is 18.5. The summed E-state index contributed by atoms with van der Waals surface area (Å²) in [5.74, 6) is 0.606. The SMILES string of the molecule is O=C(NCC(=O)N1CCC(c2nc(-c3ccc(OF)c(Br)c3)no2)CC1)c1ccccc1. The van der Waals surface area contributed by atoms with Crippen LogP contribution in [0.15, 0.2) is 57.5 Å². The van der Waals surface area contributed by atoms with Crippen molar-refractivity contribution < 1.29 is 23.6 Å². The molecule has 0 saturated carbocycles. The number of hydrogen-bond acceptors (Lipinski definition) is 6. The summed E-state index contributed by atoms with van der Waals surface area (Å²) in [6.45, 7) is 1.03. The normalized spacial score (nSPS) is 14.2. The van der Waals surface area contributed by atoms with E-state index in [2.05, 4.69) is 36.3 Å². The summed E-state index contributed by atoms with van der Waals surface area (Å²) in [5.41, 5.74) is 1.18. The first-order valence-electron chi connectivity index (χ1n) is 10.1. The maximum Gasteiger partial charge on any atom is 0.251 e. The molecule has 8 nitrogen and oxygen atoms in total. The molecule has 2 heterocycles. The topological polar surface area (TPSA) is 97.6 Å². The van der Waals surface area contributed by atoms with Gasteiger partial charge in [-0.3, -0.25) is 14.5 Å². The lowest BCUT2D eigenvalue weighted by molar-refractivity contribution is -0.131. The summed E-state index contributed by atoms with van der Waals surface area (Å²) in [4.78, 5) is 34.5. The summed E-state index contributed by atoms with van der Waals surface area (Å²) in [6.07, 6.45) is 1.36. The van der Waals surface area contributed by atoms with E-state index in [0.29, 0.717) is 53.2 Å². The van der Waals surface area contributed by atoms with E-state index in [1.54, 1.807) is 41.3 Å². The first-order valence-corrected chi connectivity index (χ1v) is 10.9. The summed E-state index contributed by atoms with van der Waals surface area (Å²) < 4.78 is 18.3. The van der Waals surface area contributed by atoms with Gasteiger partial charge in [0.05, 0.1) is 11.0 Å². The Labute approximate surface area is 191 Å². The largest absolute Gasteiger partial charge is 0.343 e. The molecule has 32 heavy (non-hydrogen) atoms. The van der Waals surface area contributed by atoms with Crippen LogP contribution in [0, 0.1) is 0 Å². The number of amides is 2. The molecule has 0 unspecified atom stereocenters. The number of benzene rings is 2. The van der Waals surface area contributed by atoms with Crippen molar-refractivity contribution in [1.82, 2.24) is 20.4 Å². The van der Waals surface area contributed by atoms with Crippen LogP contribution in [0.4, 0.5) is 4.53 Å². The Balaban J connectivity index is 1.30. The predicted octanol–water partition coefficient (Wildman–Crippen LogP) is 3.90. The molecule has 3 aromatic rings. The van der Waals surface area contributed by atoms with Crippen molar-refractivity contribution in [1.29, 1.82) is 0 Å². The predicted molar refractivity (Wildman–Crippen MR) is 117 cm³/mol. The Morgan fingerprint density at radius 2 is 1.94 bits per heavy atom. The third kappa shape index (κ3) is 4.96. The third-order valence-electron chi connectivity index (χ3n) is 5.35. The second-order valence-electron chi connectivity index (χ2n) is 7.38. The van der Waals surface area contributed by atoms with Crippen LogP contribution in [0.25, 0.3) is 11.4 Å². The maximum atomic E-state index is 12.5. The first-order chi connectivity index (χ1) is 15.5. The molecule has 1 aromatic heterocycles. The monoisotopic (exact) mass is 502 g/mol. The number of nitrogens with one attached hydrogen (secondary N) is 1. The number of hydrogen-bond donors (Lipinski definition) is 1. The van der Waals surface area contributed by atoms with Gasteiger partial charge in [0.25, 0.3) is 5.91 Å². The van der Waals surface area contributed by atoms with Gasteiger partial charge in [-0.2, -0.15) is 4.98 Å². The van der Waals surface area contributed by atoms with Crippen LogP contribution in [-0.2, 0) is 4.79 Å². The van der Waals surface area contributed by atoms with Crippen molar-refractivity contribution >= 4 is 27.7 Å². The third-order valence-corrected chi connectivity index (χ3v) is 5.97. The Kier molecular flexibility index (Phi) is 6.79. The van der Waals surface area contributed by atoms with Gasteiger partial charge in [-0.1, -0.05) is 23.4 Å². The summed E-state index contributed by atoms with van der Waals surface area (Å²) in [5, 5.41) is 6.69. The molecule has 0 spiro atoms. The Hall–Kier alpha value is -3.27. The lowest BCUT2D eigenvalue weighted by Crippen LogP contribution is -2.43. The zero-order valence-electron chi connectivity index (χ0n) is 17.0. The highest BCUT2D eigenvalue weighted by Crippen LogP contribution is 2.32. The minimum atomic E-state index is -0.273. The van der Waals surface area contributed by atoms with Gasteiger partial charge in [0.2, 0.25) is 17.6 Å². The number of carbonyl (C=O) groups excluding carboxylic acids is 2. The second kappa shape index (κ2) is 9.90. The summed E-state index contributed by atoms with van der Waals surface area (Å²) >= 11 is 3.23. The fraction of sp³-hybridized carbons (Fsp3) is 0.273. The van der Waals surface area contributed by atoms with Gasteiger partial charge in [0.15, 0.2) is 5.75 Å². The van der Waals surface area contributed by atoms with Crippen molar-refractivity contribution in [3.8, 4) is 17.1 Å². The first kappa shape index (κ1) is 21.9. The van der Waals surface area contributed by atoms with Crippen molar-refractivity contribution in [3.05, 3.63) is 64.5 Å². The van der Waals surface area contributed by atoms with Gasteiger partial charge in [-0.25, -0.2) is 0 Å². The molecule has 1 fully saturated rings. The number of carbonyl (C=O) groups is 2. The number of halogens is 2. The zero-order chi connectivity index (χ0) is 22.5. The van der Waals surface area contributed by atoms with E-state index < -0.39 is 0 Å². The molecule has 4 rings (SSSR count). The van der Waals surface area contributed by atoms with E-state index >= 15 is 0 Å². The lowest BCUT2D eigenvalue weighted by Gasteiger charge is -2.30. The average molecular weight is 503 g/mol. The molecule has 0 bridgehead atoms. The molecule has 1 aliphatic rings. The minimum absolute atomic E-state index is 0.0381. The lowest BCUT2D eigenvalue weighted by atomic mass is 9.96. The molecule has 0 atom stereocenters. The number of likely N-dealkylation sites (tertiary alicyclic amines) is 1. The number of piperidine rings is 1. The van der Waals surface area contributed by atoms with Gasteiger partial charge in [0, 0.05) is 34.7 Å². The molecular formula is C22H20BrFN4O4. The summed E-state index contributed by atoms with van der Waals surface area (Å²) in [7, 11) is 0. The van der Waals surface area contributed by atoms with Crippen molar-refractivity contribution in [2.75, 3.05) is 19.6 Å². The highest BCUT2D eigenvalue weighted by molar-refractivity contribution is 9.10. The van der Waals surface area contributed by atoms with Crippen LogP contribution >= 0.6 is 15.9 Å². The second-order valence-corrected chi connectivity index (χ2v) is 8.24. The smallest absolute Gasteiger partial charge is 0.251 e. The molecule has 1 aliphatic heterocycles. The molecule has 1 N–H and O–H groups in total. The van der Waals surface area contributed by atoms with E-state index in [-0.39, 0.29) is 30.0 Å². The van der Waals surface area contributed by atoms with Crippen molar-refractivity contribution in [3.63, 3.8) is 0 Å². The van der Waals surface area contributed by atoms with Crippen LogP contribution < -0.4 is 10.3 Å². The van der Waals surface area contributed by atoms with Gasteiger partial charge < -0.3 is 14.7 Å². The quantitative estimate of drug-likeness (QED) is 0.548. The molecular weight excluding hydrogens is 483 g/mol. The van der Waals surface area contributed by atoms with Crippen LogP contribution in [0.2, 0.25) is 0 Å². The van der Waals surface area contributed by atoms with Gasteiger partial charge in [-0.15, -0.1) is 0 Å². The van der Waals surface area contributed by atoms with E-state index in [1.165, 1.54) is 6.07 Å². The average Bonchev–Trinajstić information content (AvgIpc) is 3.33. The Bertz CT molecular complexity index is 1100. The standard InChI is InChI=1S/C22H20BrFN4O4/c23-17-12-16(6-7-18(17)31-24)20-26-22(32-27-20)15-8-10-28(11-9-15)19(29)13-25-21(30)14-4-2-1-3-5-14/h1-7,12,15H,8-11,13H2,(H,25,30). The van der Waals surface area contributed by atoms with Crippen molar-refractivity contribution in [2.45, 2.75) is 18.8 Å².